The van der Waals surface area contributed by atoms with Crippen molar-refractivity contribution in [3.05, 3.63) is 65.2 Å². The molecule has 3 nitrogen and oxygen atoms in total. The summed E-state index contributed by atoms with van der Waals surface area (Å²) in [4.78, 5) is 14.3. The van der Waals surface area contributed by atoms with Crippen LogP contribution in [0.3, 0.4) is 0 Å². The van der Waals surface area contributed by atoms with Crippen molar-refractivity contribution < 1.29 is 22.7 Å². The van der Waals surface area contributed by atoms with E-state index in [-0.39, 0.29) is 10.9 Å². The van der Waals surface area contributed by atoms with Crippen LogP contribution in [0.25, 0.3) is 0 Å². The van der Waals surface area contributed by atoms with Gasteiger partial charge in [0, 0.05) is 12.3 Å². The van der Waals surface area contributed by atoms with Gasteiger partial charge in [0.15, 0.2) is 0 Å². The number of halogens is 3. The molecule has 0 aliphatic carbocycles. The van der Waals surface area contributed by atoms with Gasteiger partial charge in [-0.15, -0.1) is 11.8 Å². The second-order valence-corrected chi connectivity index (χ2v) is 6.73. The third kappa shape index (κ3) is 3.61. The molecule has 0 N–H and O–H groups in total. The van der Waals surface area contributed by atoms with E-state index in [1.165, 1.54) is 34.9 Å². The summed E-state index contributed by atoms with van der Waals surface area (Å²) in [6.45, 7) is 0.409. The number of hydrogen-bond acceptors (Lipinski definition) is 3. The lowest BCUT2D eigenvalue weighted by molar-refractivity contribution is -0.138. The third-order valence-electron chi connectivity index (χ3n) is 4.02. The SMILES string of the molecule is COc1ccc([C@H]2SCCN2C(=O)c2ccccc2C(F)(F)F)cc1. The summed E-state index contributed by atoms with van der Waals surface area (Å²) in [6, 6.07) is 12.1. The number of thioether (sulfide) groups is 1. The van der Waals surface area contributed by atoms with E-state index in [2.05, 4.69) is 0 Å². The molecule has 7 heteroatoms. The predicted octanol–water partition coefficient (Wildman–Crippen LogP) is 4.60. The Morgan fingerprint density at radius 3 is 2.48 bits per heavy atom. The second-order valence-electron chi connectivity index (χ2n) is 5.54. The van der Waals surface area contributed by atoms with Crippen LogP contribution < -0.4 is 4.74 Å². The van der Waals surface area contributed by atoms with Gasteiger partial charge in [-0.3, -0.25) is 4.79 Å². The van der Waals surface area contributed by atoms with Crippen molar-refractivity contribution in [1.82, 2.24) is 4.90 Å². The number of nitrogens with zero attached hydrogens (tertiary/aromatic N) is 1. The summed E-state index contributed by atoms with van der Waals surface area (Å²) in [5.74, 6) is 0.766. The Labute approximate surface area is 147 Å². The minimum atomic E-state index is -4.56. The van der Waals surface area contributed by atoms with Crippen LogP contribution in [0.2, 0.25) is 0 Å². The zero-order valence-corrected chi connectivity index (χ0v) is 14.2. The number of benzene rings is 2. The Hall–Kier alpha value is -2.15. The summed E-state index contributed by atoms with van der Waals surface area (Å²) in [7, 11) is 1.56. The first-order chi connectivity index (χ1) is 11.9. The fourth-order valence-corrected chi connectivity index (χ4v) is 4.05. The van der Waals surface area contributed by atoms with Crippen molar-refractivity contribution in [2.75, 3.05) is 19.4 Å². The molecular formula is C18H16F3NO2S. The highest BCUT2D eigenvalue weighted by atomic mass is 32.2. The molecule has 1 aliphatic rings. The molecule has 0 radical (unpaired) electrons. The van der Waals surface area contributed by atoms with Crippen LogP contribution in [0.15, 0.2) is 48.5 Å². The molecule has 2 aromatic carbocycles. The van der Waals surface area contributed by atoms with Gasteiger partial charge >= 0.3 is 6.18 Å². The lowest BCUT2D eigenvalue weighted by atomic mass is 10.1. The topological polar surface area (TPSA) is 29.5 Å². The third-order valence-corrected chi connectivity index (χ3v) is 5.28. The van der Waals surface area contributed by atoms with Crippen LogP contribution >= 0.6 is 11.8 Å². The van der Waals surface area contributed by atoms with Crippen molar-refractivity contribution in [3.63, 3.8) is 0 Å². The van der Waals surface area contributed by atoms with Gasteiger partial charge in [0.25, 0.3) is 5.91 Å². The smallest absolute Gasteiger partial charge is 0.417 e. The Bertz CT molecular complexity index is 762. The van der Waals surface area contributed by atoms with Crippen LogP contribution in [0.4, 0.5) is 13.2 Å². The standard InChI is InChI=1S/C18H16F3NO2S/c1-24-13-8-6-12(7-9-13)17-22(10-11-25-17)16(23)14-4-2-3-5-15(14)18(19,20)21/h2-9,17H,10-11H2,1H3/t17-/m1/s1. The first-order valence-corrected chi connectivity index (χ1v) is 8.69. The normalized spacial score (nSPS) is 17.6. The van der Waals surface area contributed by atoms with Crippen LogP contribution in [-0.4, -0.2) is 30.2 Å². The molecule has 0 spiro atoms. The molecule has 2 aromatic rings. The molecule has 1 amide bonds. The molecule has 1 aliphatic heterocycles. The number of ether oxygens (including phenoxy) is 1. The highest BCUT2D eigenvalue weighted by Crippen LogP contribution is 2.40. The van der Waals surface area contributed by atoms with E-state index in [0.717, 1.165) is 11.6 Å². The predicted molar refractivity (Wildman–Crippen MR) is 90.7 cm³/mol. The average molecular weight is 367 g/mol. The zero-order valence-electron chi connectivity index (χ0n) is 13.4. The molecule has 0 saturated carbocycles. The van der Waals surface area contributed by atoms with Crippen molar-refractivity contribution in [2.45, 2.75) is 11.6 Å². The fraction of sp³-hybridized carbons (Fsp3) is 0.278. The number of hydrogen-bond donors (Lipinski definition) is 0. The van der Waals surface area contributed by atoms with Gasteiger partial charge in [0.05, 0.1) is 18.2 Å². The monoisotopic (exact) mass is 367 g/mol. The van der Waals surface area contributed by atoms with E-state index < -0.39 is 17.6 Å². The number of methoxy groups -OCH3 is 1. The minimum absolute atomic E-state index is 0.306. The van der Waals surface area contributed by atoms with Crippen LogP contribution in [0.5, 0.6) is 5.75 Å². The average Bonchev–Trinajstić information content (AvgIpc) is 3.10. The van der Waals surface area contributed by atoms with Gasteiger partial charge in [-0.25, -0.2) is 0 Å². The summed E-state index contributed by atoms with van der Waals surface area (Å²) in [5.41, 5.74) is -0.345. The number of rotatable bonds is 3. The lowest BCUT2D eigenvalue weighted by Gasteiger charge is -2.25. The maximum Gasteiger partial charge on any atom is 0.417 e. The minimum Gasteiger partial charge on any atom is -0.497 e. The number of amides is 1. The lowest BCUT2D eigenvalue weighted by Crippen LogP contribution is -2.32. The molecule has 0 unspecified atom stereocenters. The molecule has 132 valence electrons. The maximum atomic E-state index is 13.2. The second kappa shape index (κ2) is 7.00. The van der Waals surface area contributed by atoms with Crippen molar-refractivity contribution in [1.29, 1.82) is 0 Å². The van der Waals surface area contributed by atoms with Gasteiger partial charge in [-0.2, -0.15) is 13.2 Å². The van der Waals surface area contributed by atoms with Gasteiger partial charge in [-0.1, -0.05) is 24.3 Å². The molecule has 0 bridgehead atoms. The van der Waals surface area contributed by atoms with Crippen LogP contribution in [0.1, 0.15) is 26.9 Å². The van der Waals surface area contributed by atoms with Crippen LogP contribution in [0, 0.1) is 0 Å². The van der Waals surface area contributed by atoms with Crippen molar-refractivity contribution in [2.24, 2.45) is 0 Å². The Kier molecular flexibility index (Phi) is 4.94. The largest absolute Gasteiger partial charge is 0.497 e. The summed E-state index contributed by atoms with van der Waals surface area (Å²) in [5, 5.41) is -0.306. The number of alkyl halides is 3. The Morgan fingerprint density at radius 2 is 1.84 bits per heavy atom. The molecule has 1 fully saturated rings. The van der Waals surface area contributed by atoms with Gasteiger partial charge in [-0.05, 0) is 29.8 Å². The Morgan fingerprint density at radius 1 is 1.16 bits per heavy atom. The van der Waals surface area contributed by atoms with E-state index in [1.54, 1.807) is 19.2 Å². The first-order valence-electron chi connectivity index (χ1n) is 7.64. The first kappa shape index (κ1) is 17.7. The fourth-order valence-electron chi connectivity index (χ4n) is 2.79. The Balaban J connectivity index is 1.91. The molecule has 1 heterocycles. The van der Waals surface area contributed by atoms with Gasteiger partial charge in [0.2, 0.25) is 0 Å². The van der Waals surface area contributed by atoms with Gasteiger partial charge in [0.1, 0.15) is 11.1 Å². The van der Waals surface area contributed by atoms with E-state index in [1.807, 2.05) is 12.1 Å². The van der Waals surface area contributed by atoms with Gasteiger partial charge < -0.3 is 9.64 Å². The van der Waals surface area contributed by atoms with E-state index >= 15 is 0 Å². The van der Waals surface area contributed by atoms with E-state index in [9.17, 15) is 18.0 Å². The van der Waals surface area contributed by atoms with Crippen LogP contribution in [-0.2, 0) is 6.18 Å². The highest BCUT2D eigenvalue weighted by molar-refractivity contribution is 7.99. The van der Waals surface area contributed by atoms with Crippen molar-refractivity contribution in [3.8, 4) is 5.75 Å². The molecular weight excluding hydrogens is 351 g/mol. The molecule has 1 saturated heterocycles. The summed E-state index contributed by atoms with van der Waals surface area (Å²) < 4.78 is 44.7. The number of carbonyl (C=O) groups excluding carboxylic acids is 1. The molecule has 0 aromatic heterocycles. The quantitative estimate of drug-likeness (QED) is 0.794. The molecule has 1 atom stereocenters. The molecule has 3 rings (SSSR count). The number of carbonyl (C=O) groups is 1. The zero-order chi connectivity index (χ0) is 18.0. The van der Waals surface area contributed by atoms with Crippen molar-refractivity contribution >= 4 is 17.7 Å². The van der Waals surface area contributed by atoms with E-state index in [0.29, 0.717) is 18.0 Å². The highest BCUT2D eigenvalue weighted by Gasteiger charge is 2.38. The summed E-state index contributed by atoms with van der Waals surface area (Å²) in [6.07, 6.45) is -4.56. The summed E-state index contributed by atoms with van der Waals surface area (Å²) >= 11 is 1.54. The van der Waals surface area contributed by atoms with E-state index in [4.69, 9.17) is 4.74 Å². The molecule has 25 heavy (non-hydrogen) atoms. The maximum absolute atomic E-state index is 13.2.